The summed E-state index contributed by atoms with van der Waals surface area (Å²) in [5.74, 6) is -1.08. The van der Waals surface area contributed by atoms with Crippen molar-refractivity contribution in [2.24, 2.45) is 0 Å². The van der Waals surface area contributed by atoms with Gasteiger partial charge in [0.15, 0.2) is 5.43 Å². The van der Waals surface area contributed by atoms with Crippen molar-refractivity contribution in [3.8, 4) is 5.75 Å². The van der Waals surface area contributed by atoms with Crippen LogP contribution in [0.2, 0.25) is 5.02 Å². The summed E-state index contributed by atoms with van der Waals surface area (Å²) in [5.41, 5.74) is 0.902. The Bertz CT molecular complexity index is 1380. The summed E-state index contributed by atoms with van der Waals surface area (Å²) in [6.45, 7) is 0. The molecule has 1 unspecified atom stereocenters. The van der Waals surface area contributed by atoms with Gasteiger partial charge in [0, 0.05) is 10.7 Å². The predicted molar refractivity (Wildman–Crippen MR) is 111 cm³/mol. The lowest BCUT2D eigenvalue weighted by atomic mass is 9.98. The summed E-state index contributed by atoms with van der Waals surface area (Å²) in [5, 5.41) is 10.6. The van der Waals surface area contributed by atoms with E-state index >= 15 is 0 Å². The van der Waals surface area contributed by atoms with Crippen LogP contribution in [0.5, 0.6) is 5.75 Å². The number of rotatable bonds is 2. The van der Waals surface area contributed by atoms with E-state index in [-0.39, 0.29) is 33.5 Å². The Morgan fingerprint density at radius 3 is 2.50 bits per heavy atom. The van der Waals surface area contributed by atoms with Gasteiger partial charge in [-0.3, -0.25) is 14.5 Å². The lowest BCUT2D eigenvalue weighted by molar-refractivity contribution is 0.0971. The summed E-state index contributed by atoms with van der Waals surface area (Å²) in [6.07, 6.45) is 0. The Labute approximate surface area is 174 Å². The van der Waals surface area contributed by atoms with Crippen LogP contribution in [-0.2, 0) is 0 Å². The first-order valence-corrected chi connectivity index (χ1v) is 9.46. The zero-order valence-corrected chi connectivity index (χ0v) is 16.1. The Hall–Kier alpha value is -3.64. The van der Waals surface area contributed by atoms with E-state index in [2.05, 4.69) is 0 Å². The van der Waals surface area contributed by atoms with Crippen molar-refractivity contribution < 1.29 is 18.7 Å². The number of carbonyl (C=O) groups is 1. The Balaban J connectivity index is 1.83. The molecule has 0 spiro atoms. The Morgan fingerprint density at radius 1 is 1.00 bits per heavy atom. The molecule has 30 heavy (non-hydrogen) atoms. The van der Waals surface area contributed by atoms with Crippen LogP contribution in [-0.4, -0.2) is 11.0 Å². The maximum atomic E-state index is 13.5. The van der Waals surface area contributed by atoms with Gasteiger partial charge in [0.05, 0.1) is 17.0 Å². The van der Waals surface area contributed by atoms with Crippen LogP contribution in [0.15, 0.2) is 75.9 Å². The number of nitrogens with zero attached hydrogens (tertiary/aromatic N) is 1. The summed E-state index contributed by atoms with van der Waals surface area (Å²) in [7, 11) is 0. The van der Waals surface area contributed by atoms with Crippen molar-refractivity contribution >= 4 is 34.2 Å². The van der Waals surface area contributed by atoms with E-state index in [1.807, 2.05) is 0 Å². The fraction of sp³-hybridized carbons (Fsp3) is 0.0435. The highest BCUT2D eigenvalue weighted by Crippen LogP contribution is 2.41. The number of amides is 1. The highest BCUT2D eigenvalue weighted by molar-refractivity contribution is 6.31. The SMILES string of the molecule is O=C1c2oc3ccc(Cl)cc3c(=O)c2C(c2cccc(O)c2)N1c1ccc(F)cc1. The van der Waals surface area contributed by atoms with Gasteiger partial charge in [-0.15, -0.1) is 0 Å². The van der Waals surface area contributed by atoms with E-state index in [1.165, 1.54) is 53.4 Å². The molecule has 1 N–H and O–H groups in total. The summed E-state index contributed by atoms with van der Waals surface area (Å²) in [6, 6.07) is 15.4. The lowest BCUT2D eigenvalue weighted by Gasteiger charge is -2.25. The number of benzene rings is 3. The average Bonchev–Trinajstić information content (AvgIpc) is 3.02. The monoisotopic (exact) mass is 421 g/mol. The highest BCUT2D eigenvalue weighted by atomic mass is 35.5. The van der Waals surface area contributed by atoms with Crippen LogP contribution in [0.1, 0.15) is 27.7 Å². The largest absolute Gasteiger partial charge is 0.508 e. The zero-order valence-electron chi connectivity index (χ0n) is 15.3. The number of aromatic hydroxyl groups is 1. The molecule has 1 aliphatic rings. The van der Waals surface area contributed by atoms with Crippen molar-refractivity contribution in [1.82, 2.24) is 0 Å². The molecular formula is C23H13ClFNO4. The van der Waals surface area contributed by atoms with Crippen LogP contribution in [0.3, 0.4) is 0 Å². The number of phenols is 1. The molecule has 5 nitrogen and oxygen atoms in total. The maximum Gasteiger partial charge on any atom is 0.295 e. The number of hydrogen-bond donors (Lipinski definition) is 1. The molecule has 0 saturated carbocycles. The van der Waals surface area contributed by atoms with E-state index in [0.717, 1.165) is 0 Å². The van der Waals surface area contributed by atoms with Crippen molar-refractivity contribution in [3.63, 3.8) is 0 Å². The number of fused-ring (bicyclic) bond motifs is 2. The normalized spacial score (nSPS) is 15.6. The smallest absolute Gasteiger partial charge is 0.295 e. The van der Waals surface area contributed by atoms with E-state index in [4.69, 9.17) is 16.0 Å². The van der Waals surface area contributed by atoms with Crippen molar-refractivity contribution in [2.45, 2.75) is 6.04 Å². The predicted octanol–water partition coefficient (Wildman–Crippen LogP) is 5.04. The van der Waals surface area contributed by atoms with E-state index in [1.54, 1.807) is 18.2 Å². The zero-order chi connectivity index (χ0) is 21.0. The molecule has 0 fully saturated rings. The minimum Gasteiger partial charge on any atom is -0.508 e. The third kappa shape index (κ3) is 2.76. The van der Waals surface area contributed by atoms with Gasteiger partial charge in [-0.25, -0.2) is 4.39 Å². The number of phenolic OH excluding ortho intramolecular Hbond substituents is 1. The molecule has 0 radical (unpaired) electrons. The molecule has 0 bridgehead atoms. The molecule has 0 aliphatic carbocycles. The third-order valence-corrected chi connectivity index (χ3v) is 5.36. The molecule has 0 saturated heterocycles. The number of carbonyl (C=O) groups excluding carboxylic acids is 1. The number of anilines is 1. The molecule has 1 aliphatic heterocycles. The first kappa shape index (κ1) is 18.4. The van der Waals surface area contributed by atoms with Gasteiger partial charge < -0.3 is 9.52 Å². The summed E-state index contributed by atoms with van der Waals surface area (Å²) < 4.78 is 19.3. The molecule has 7 heteroatoms. The minimum atomic E-state index is -0.857. The van der Waals surface area contributed by atoms with Gasteiger partial charge in [-0.1, -0.05) is 23.7 Å². The van der Waals surface area contributed by atoms with Crippen LogP contribution in [0.25, 0.3) is 11.0 Å². The molecule has 1 atom stereocenters. The molecule has 5 rings (SSSR count). The van der Waals surface area contributed by atoms with Gasteiger partial charge in [0.2, 0.25) is 5.76 Å². The maximum absolute atomic E-state index is 13.5. The fourth-order valence-corrected chi connectivity index (χ4v) is 4.00. The molecule has 1 aromatic heterocycles. The Morgan fingerprint density at radius 2 is 1.77 bits per heavy atom. The highest BCUT2D eigenvalue weighted by Gasteiger charge is 2.43. The van der Waals surface area contributed by atoms with Gasteiger partial charge in [-0.05, 0) is 60.2 Å². The van der Waals surface area contributed by atoms with Gasteiger partial charge in [0.1, 0.15) is 17.1 Å². The summed E-state index contributed by atoms with van der Waals surface area (Å²) in [4.78, 5) is 28.1. The Kier molecular flexibility index (Phi) is 4.11. The second-order valence-corrected chi connectivity index (χ2v) is 7.40. The number of halogens is 2. The van der Waals surface area contributed by atoms with E-state index in [9.17, 15) is 19.1 Å². The first-order valence-electron chi connectivity index (χ1n) is 9.08. The van der Waals surface area contributed by atoms with Crippen molar-refractivity contribution in [3.05, 3.63) is 105 Å². The molecule has 1 amide bonds. The molecular weight excluding hydrogens is 409 g/mol. The van der Waals surface area contributed by atoms with E-state index in [0.29, 0.717) is 16.3 Å². The van der Waals surface area contributed by atoms with Crippen LogP contribution in [0, 0.1) is 5.82 Å². The topological polar surface area (TPSA) is 70.8 Å². The van der Waals surface area contributed by atoms with Crippen LogP contribution >= 0.6 is 11.6 Å². The standard InChI is InChI=1S/C23H13ClFNO4/c24-13-4-9-18-17(11-13)21(28)19-20(12-2-1-3-16(27)10-12)26(23(29)22(19)30-18)15-7-5-14(25)6-8-15/h1-11,20,27H. The molecule has 3 aromatic carbocycles. The average molecular weight is 422 g/mol. The third-order valence-electron chi connectivity index (χ3n) is 5.12. The minimum absolute atomic E-state index is 0.0133. The summed E-state index contributed by atoms with van der Waals surface area (Å²) >= 11 is 6.06. The van der Waals surface area contributed by atoms with Gasteiger partial charge in [0.25, 0.3) is 5.91 Å². The van der Waals surface area contributed by atoms with Gasteiger partial charge in [-0.2, -0.15) is 0 Å². The molecule has 2 heterocycles. The first-order chi connectivity index (χ1) is 14.4. The second-order valence-electron chi connectivity index (χ2n) is 6.96. The van der Waals surface area contributed by atoms with Gasteiger partial charge >= 0.3 is 0 Å². The quantitative estimate of drug-likeness (QED) is 0.492. The fourth-order valence-electron chi connectivity index (χ4n) is 3.82. The van der Waals surface area contributed by atoms with Crippen LogP contribution < -0.4 is 10.3 Å². The second kappa shape index (κ2) is 6.71. The van der Waals surface area contributed by atoms with Crippen molar-refractivity contribution in [1.29, 1.82) is 0 Å². The van der Waals surface area contributed by atoms with Crippen molar-refractivity contribution in [2.75, 3.05) is 4.90 Å². The lowest BCUT2D eigenvalue weighted by Crippen LogP contribution is -2.29. The molecule has 4 aromatic rings. The van der Waals surface area contributed by atoms with Crippen LogP contribution in [0.4, 0.5) is 10.1 Å². The number of hydrogen-bond acceptors (Lipinski definition) is 4. The van der Waals surface area contributed by atoms with E-state index < -0.39 is 17.8 Å². The molecule has 148 valence electrons.